The number of rotatable bonds is 2. The third-order valence-electron chi connectivity index (χ3n) is 4.33. The average molecular weight is 301 g/mol. The molecule has 0 saturated carbocycles. The van der Waals surface area contributed by atoms with E-state index < -0.39 is 0 Å². The van der Waals surface area contributed by atoms with Crippen molar-refractivity contribution in [1.29, 1.82) is 0 Å². The second-order valence-electron chi connectivity index (χ2n) is 5.81. The Bertz CT molecular complexity index is 714. The highest BCUT2D eigenvalue weighted by Crippen LogP contribution is 2.38. The standard InChI is InChI=1S/C17H19NO4/c1-18-5-4-11-8-16(21)17(22)9-12(11)13(18)6-10-2-3-14(19)15(20)7-10/h2-3,7-9,13,19-22H,4-6H2,1H3/t13-/m0/s1. The predicted molar refractivity (Wildman–Crippen MR) is 82.3 cm³/mol. The van der Waals surface area contributed by atoms with Crippen molar-refractivity contribution < 1.29 is 20.4 Å². The summed E-state index contributed by atoms with van der Waals surface area (Å²) in [7, 11) is 2.01. The van der Waals surface area contributed by atoms with Gasteiger partial charge in [-0.05, 0) is 60.8 Å². The molecule has 1 aliphatic heterocycles. The highest BCUT2D eigenvalue weighted by atomic mass is 16.3. The summed E-state index contributed by atoms with van der Waals surface area (Å²) in [4.78, 5) is 2.18. The quantitative estimate of drug-likeness (QED) is 0.640. The average Bonchev–Trinajstić information content (AvgIpc) is 2.48. The zero-order valence-corrected chi connectivity index (χ0v) is 12.3. The number of likely N-dealkylation sites (N-methyl/N-ethyl adjacent to an activating group) is 1. The Morgan fingerprint density at radius 3 is 2.36 bits per heavy atom. The molecule has 4 N–H and O–H groups in total. The third-order valence-corrected chi connectivity index (χ3v) is 4.33. The zero-order valence-electron chi connectivity index (χ0n) is 12.3. The van der Waals surface area contributed by atoms with Crippen LogP contribution in [0.1, 0.15) is 22.7 Å². The summed E-state index contributed by atoms with van der Waals surface area (Å²) in [5.41, 5.74) is 2.91. The minimum atomic E-state index is -0.135. The summed E-state index contributed by atoms with van der Waals surface area (Å²) in [5, 5.41) is 38.5. The fourth-order valence-corrected chi connectivity index (χ4v) is 3.04. The summed E-state index contributed by atoms with van der Waals surface area (Å²) in [5.74, 6) is -0.481. The fraction of sp³-hybridized carbons (Fsp3) is 0.294. The van der Waals surface area contributed by atoms with Gasteiger partial charge in [-0.15, -0.1) is 0 Å². The molecule has 0 unspecified atom stereocenters. The van der Waals surface area contributed by atoms with Crippen LogP contribution in [0.4, 0.5) is 0 Å². The van der Waals surface area contributed by atoms with Gasteiger partial charge in [0, 0.05) is 12.6 Å². The van der Waals surface area contributed by atoms with E-state index in [-0.39, 0.29) is 29.0 Å². The highest BCUT2D eigenvalue weighted by molar-refractivity contribution is 5.48. The SMILES string of the molecule is CN1CCc2cc(O)c(O)cc2[C@@H]1Cc1ccc(O)c(O)c1. The van der Waals surface area contributed by atoms with Crippen molar-refractivity contribution in [3.63, 3.8) is 0 Å². The summed E-state index contributed by atoms with van der Waals surface area (Å²) in [6, 6.07) is 8.08. The van der Waals surface area contributed by atoms with Crippen molar-refractivity contribution in [2.75, 3.05) is 13.6 Å². The normalized spacial score (nSPS) is 18.1. The Kier molecular flexibility index (Phi) is 3.58. The highest BCUT2D eigenvalue weighted by Gasteiger charge is 2.26. The largest absolute Gasteiger partial charge is 0.504 e. The number of hydrogen-bond donors (Lipinski definition) is 4. The molecule has 0 fully saturated rings. The van der Waals surface area contributed by atoms with Gasteiger partial charge in [0.15, 0.2) is 23.0 Å². The Morgan fingerprint density at radius 2 is 1.64 bits per heavy atom. The Morgan fingerprint density at radius 1 is 0.955 bits per heavy atom. The van der Waals surface area contributed by atoms with Crippen LogP contribution in [-0.4, -0.2) is 38.9 Å². The molecule has 3 rings (SSSR count). The molecule has 22 heavy (non-hydrogen) atoms. The lowest BCUT2D eigenvalue weighted by atomic mass is 9.88. The van der Waals surface area contributed by atoms with Gasteiger partial charge in [-0.25, -0.2) is 0 Å². The van der Waals surface area contributed by atoms with Crippen molar-refractivity contribution >= 4 is 0 Å². The lowest BCUT2D eigenvalue weighted by molar-refractivity contribution is 0.228. The number of phenols is 4. The summed E-state index contributed by atoms with van der Waals surface area (Å²) >= 11 is 0. The van der Waals surface area contributed by atoms with E-state index in [0.29, 0.717) is 6.42 Å². The molecule has 5 nitrogen and oxygen atoms in total. The first-order chi connectivity index (χ1) is 10.5. The van der Waals surface area contributed by atoms with Gasteiger partial charge < -0.3 is 20.4 Å². The molecule has 1 atom stereocenters. The van der Waals surface area contributed by atoms with Crippen LogP contribution >= 0.6 is 0 Å². The van der Waals surface area contributed by atoms with Gasteiger partial charge in [-0.3, -0.25) is 4.90 Å². The van der Waals surface area contributed by atoms with Crippen LogP contribution < -0.4 is 0 Å². The van der Waals surface area contributed by atoms with E-state index in [4.69, 9.17) is 0 Å². The van der Waals surface area contributed by atoms with Crippen LogP contribution in [0, 0.1) is 0 Å². The number of phenolic OH excluding ortho intramolecular Hbond substituents is 4. The van der Waals surface area contributed by atoms with Crippen LogP contribution in [0.2, 0.25) is 0 Å². The van der Waals surface area contributed by atoms with Crippen molar-refractivity contribution in [2.24, 2.45) is 0 Å². The maximum absolute atomic E-state index is 9.78. The Hall–Kier alpha value is -2.40. The lowest BCUT2D eigenvalue weighted by Gasteiger charge is -2.35. The first-order valence-corrected chi connectivity index (χ1v) is 7.21. The maximum atomic E-state index is 9.78. The van der Waals surface area contributed by atoms with Gasteiger partial charge in [-0.1, -0.05) is 6.07 Å². The van der Waals surface area contributed by atoms with Crippen LogP contribution in [-0.2, 0) is 12.8 Å². The van der Waals surface area contributed by atoms with E-state index in [1.54, 1.807) is 24.3 Å². The lowest BCUT2D eigenvalue weighted by Crippen LogP contribution is -2.33. The molecule has 1 aliphatic rings. The number of nitrogens with zero attached hydrogens (tertiary/aromatic N) is 1. The topological polar surface area (TPSA) is 84.2 Å². The molecular weight excluding hydrogens is 282 g/mol. The van der Waals surface area contributed by atoms with E-state index >= 15 is 0 Å². The molecule has 0 bridgehead atoms. The molecule has 2 aromatic carbocycles. The van der Waals surface area contributed by atoms with Crippen LogP contribution in [0.5, 0.6) is 23.0 Å². The van der Waals surface area contributed by atoms with E-state index in [0.717, 1.165) is 29.7 Å². The monoisotopic (exact) mass is 301 g/mol. The van der Waals surface area contributed by atoms with Crippen molar-refractivity contribution in [3.05, 3.63) is 47.0 Å². The molecular formula is C17H19NO4. The molecule has 1 heterocycles. The van der Waals surface area contributed by atoms with Crippen LogP contribution in [0.15, 0.2) is 30.3 Å². The molecule has 2 aromatic rings. The number of benzene rings is 2. The first-order valence-electron chi connectivity index (χ1n) is 7.21. The van der Waals surface area contributed by atoms with Crippen molar-refractivity contribution in [3.8, 4) is 23.0 Å². The van der Waals surface area contributed by atoms with E-state index in [9.17, 15) is 20.4 Å². The molecule has 0 spiro atoms. The molecule has 5 heteroatoms. The van der Waals surface area contributed by atoms with Gasteiger partial charge >= 0.3 is 0 Å². The maximum Gasteiger partial charge on any atom is 0.157 e. The van der Waals surface area contributed by atoms with Gasteiger partial charge in [0.05, 0.1) is 0 Å². The summed E-state index contributed by atoms with van der Waals surface area (Å²) < 4.78 is 0. The van der Waals surface area contributed by atoms with Crippen molar-refractivity contribution in [2.45, 2.75) is 18.9 Å². The van der Waals surface area contributed by atoms with E-state index in [2.05, 4.69) is 4.90 Å². The zero-order chi connectivity index (χ0) is 15.9. The second-order valence-corrected chi connectivity index (χ2v) is 5.81. The van der Waals surface area contributed by atoms with Crippen LogP contribution in [0.3, 0.4) is 0 Å². The minimum Gasteiger partial charge on any atom is -0.504 e. The molecule has 0 saturated heterocycles. The van der Waals surface area contributed by atoms with Gasteiger partial charge in [-0.2, -0.15) is 0 Å². The smallest absolute Gasteiger partial charge is 0.157 e. The summed E-state index contributed by atoms with van der Waals surface area (Å²) in [6.45, 7) is 0.853. The van der Waals surface area contributed by atoms with Gasteiger partial charge in [0.2, 0.25) is 0 Å². The number of hydrogen-bond acceptors (Lipinski definition) is 5. The third kappa shape index (κ3) is 2.55. The predicted octanol–water partition coefficient (Wildman–Crippen LogP) is 2.28. The molecule has 116 valence electrons. The molecule has 0 amide bonds. The second kappa shape index (κ2) is 5.42. The number of fused-ring (bicyclic) bond motifs is 1. The Balaban J connectivity index is 1.96. The molecule has 0 radical (unpaired) electrons. The first kappa shape index (κ1) is 14.5. The fourth-order valence-electron chi connectivity index (χ4n) is 3.04. The van der Waals surface area contributed by atoms with Crippen LogP contribution in [0.25, 0.3) is 0 Å². The minimum absolute atomic E-state index is 0.0409. The summed E-state index contributed by atoms with van der Waals surface area (Å²) in [6.07, 6.45) is 1.46. The van der Waals surface area contributed by atoms with Gasteiger partial charge in [0.25, 0.3) is 0 Å². The van der Waals surface area contributed by atoms with E-state index in [1.807, 2.05) is 7.05 Å². The molecule has 0 aliphatic carbocycles. The number of aromatic hydroxyl groups is 4. The van der Waals surface area contributed by atoms with E-state index in [1.165, 1.54) is 6.07 Å². The molecule has 0 aromatic heterocycles. The Labute approximate surface area is 128 Å². The van der Waals surface area contributed by atoms with Gasteiger partial charge in [0.1, 0.15) is 0 Å². The van der Waals surface area contributed by atoms with Crippen molar-refractivity contribution in [1.82, 2.24) is 4.90 Å².